The summed E-state index contributed by atoms with van der Waals surface area (Å²) in [5.74, 6) is 0.546. The van der Waals surface area contributed by atoms with Gasteiger partial charge >= 0.3 is 0 Å². The molecule has 3 nitrogen and oxygen atoms in total. The molecule has 0 unspecified atom stereocenters. The average Bonchev–Trinajstić information content (AvgIpc) is 2.46. The maximum Gasteiger partial charge on any atom is 0.165 e. The highest BCUT2D eigenvalue weighted by Crippen LogP contribution is 2.20. The van der Waals surface area contributed by atoms with Crippen LogP contribution in [0.5, 0.6) is 5.75 Å². The summed E-state index contributed by atoms with van der Waals surface area (Å²) in [4.78, 5) is 0. The molecule has 1 aromatic rings. The fourth-order valence-corrected chi connectivity index (χ4v) is 1.91. The lowest BCUT2D eigenvalue weighted by molar-refractivity contribution is 0.199. The Bertz CT molecular complexity index is 381. The molecule has 20 heavy (non-hydrogen) atoms. The molecule has 0 aliphatic heterocycles. The molecule has 0 saturated heterocycles. The lowest BCUT2D eigenvalue weighted by Gasteiger charge is -2.14. The maximum atomic E-state index is 13.9. The number of hydrogen-bond donors (Lipinski definition) is 1. The standard InChI is InChI=1S/C16H26FNO2/c1-4-13(5-2)12-20-16-7-6-14(10-15(16)17)11-18-8-9-19-3/h6-7,10,13,18H,4-5,8-9,11-12H2,1-3H3. The quantitative estimate of drug-likeness (QED) is 0.668. The molecule has 1 N–H and O–H groups in total. The number of rotatable bonds is 10. The first-order valence-electron chi connectivity index (χ1n) is 7.32. The van der Waals surface area contributed by atoms with Crippen LogP contribution in [0.4, 0.5) is 4.39 Å². The Morgan fingerprint density at radius 2 is 2.00 bits per heavy atom. The van der Waals surface area contributed by atoms with Gasteiger partial charge in [-0.1, -0.05) is 32.8 Å². The second kappa shape index (κ2) is 9.72. The zero-order valence-corrected chi connectivity index (χ0v) is 12.7. The van der Waals surface area contributed by atoms with Gasteiger partial charge in [0.1, 0.15) is 0 Å². The number of ether oxygens (including phenoxy) is 2. The zero-order valence-electron chi connectivity index (χ0n) is 12.7. The second-order valence-electron chi connectivity index (χ2n) is 4.93. The van der Waals surface area contributed by atoms with Crippen molar-refractivity contribution in [2.24, 2.45) is 5.92 Å². The van der Waals surface area contributed by atoms with E-state index in [1.54, 1.807) is 13.2 Å². The van der Waals surface area contributed by atoms with E-state index in [4.69, 9.17) is 9.47 Å². The highest BCUT2D eigenvalue weighted by Gasteiger charge is 2.08. The SMILES string of the molecule is CCC(CC)COc1ccc(CNCCOC)cc1F. The molecule has 1 rings (SSSR count). The van der Waals surface area contributed by atoms with Crippen LogP contribution < -0.4 is 10.1 Å². The van der Waals surface area contributed by atoms with Crippen LogP contribution in [0.1, 0.15) is 32.3 Å². The van der Waals surface area contributed by atoms with Gasteiger partial charge in [0.15, 0.2) is 11.6 Å². The third kappa shape index (κ3) is 5.88. The maximum absolute atomic E-state index is 13.9. The van der Waals surface area contributed by atoms with Gasteiger partial charge in [0.2, 0.25) is 0 Å². The van der Waals surface area contributed by atoms with Crippen molar-refractivity contribution in [3.63, 3.8) is 0 Å². The van der Waals surface area contributed by atoms with Crippen molar-refractivity contribution in [3.8, 4) is 5.75 Å². The molecule has 0 radical (unpaired) electrons. The van der Waals surface area contributed by atoms with Crippen molar-refractivity contribution in [1.29, 1.82) is 0 Å². The largest absolute Gasteiger partial charge is 0.490 e. The van der Waals surface area contributed by atoms with E-state index in [-0.39, 0.29) is 5.82 Å². The van der Waals surface area contributed by atoms with Gasteiger partial charge in [0, 0.05) is 20.2 Å². The van der Waals surface area contributed by atoms with Crippen molar-refractivity contribution in [2.75, 3.05) is 26.9 Å². The number of methoxy groups -OCH3 is 1. The Morgan fingerprint density at radius 1 is 1.25 bits per heavy atom. The summed E-state index contributed by atoms with van der Waals surface area (Å²) in [5, 5.41) is 3.19. The molecule has 0 aliphatic carbocycles. The van der Waals surface area contributed by atoms with Crippen molar-refractivity contribution in [1.82, 2.24) is 5.32 Å². The van der Waals surface area contributed by atoms with Gasteiger partial charge in [-0.3, -0.25) is 0 Å². The highest BCUT2D eigenvalue weighted by atomic mass is 19.1. The second-order valence-corrected chi connectivity index (χ2v) is 4.93. The van der Waals surface area contributed by atoms with Gasteiger partial charge in [0.05, 0.1) is 13.2 Å². The highest BCUT2D eigenvalue weighted by molar-refractivity contribution is 5.29. The number of nitrogens with one attached hydrogen (secondary N) is 1. The Hall–Kier alpha value is -1.13. The van der Waals surface area contributed by atoms with E-state index >= 15 is 0 Å². The molecule has 0 aromatic heterocycles. The molecule has 0 fully saturated rings. The summed E-state index contributed by atoms with van der Waals surface area (Å²) < 4.78 is 24.4. The third-order valence-electron chi connectivity index (χ3n) is 3.44. The fraction of sp³-hybridized carbons (Fsp3) is 0.625. The molecule has 114 valence electrons. The van der Waals surface area contributed by atoms with Crippen molar-refractivity contribution in [3.05, 3.63) is 29.6 Å². The monoisotopic (exact) mass is 283 g/mol. The first kappa shape index (κ1) is 16.9. The van der Waals surface area contributed by atoms with Crippen LogP contribution in [0.3, 0.4) is 0 Å². The molecule has 0 atom stereocenters. The van der Waals surface area contributed by atoms with Gasteiger partial charge in [-0.2, -0.15) is 0 Å². The molecular formula is C16H26FNO2. The molecular weight excluding hydrogens is 257 g/mol. The van der Waals surface area contributed by atoms with E-state index in [1.807, 2.05) is 6.07 Å². The molecule has 4 heteroatoms. The van der Waals surface area contributed by atoms with Crippen molar-refractivity contribution < 1.29 is 13.9 Å². The van der Waals surface area contributed by atoms with Gasteiger partial charge in [-0.15, -0.1) is 0 Å². The van der Waals surface area contributed by atoms with Crippen LogP contribution in [-0.4, -0.2) is 26.9 Å². The molecule has 0 amide bonds. The summed E-state index contributed by atoms with van der Waals surface area (Å²) in [6.45, 7) is 6.87. The molecule has 0 heterocycles. The molecule has 1 aromatic carbocycles. The molecule has 0 spiro atoms. The zero-order chi connectivity index (χ0) is 14.8. The van der Waals surface area contributed by atoms with Gasteiger partial charge in [0.25, 0.3) is 0 Å². The smallest absolute Gasteiger partial charge is 0.165 e. The van der Waals surface area contributed by atoms with Crippen LogP contribution in [0.25, 0.3) is 0 Å². The lowest BCUT2D eigenvalue weighted by atomic mass is 10.1. The predicted octanol–water partition coefficient (Wildman–Crippen LogP) is 3.38. The predicted molar refractivity (Wildman–Crippen MR) is 79.5 cm³/mol. The van der Waals surface area contributed by atoms with Gasteiger partial charge < -0.3 is 14.8 Å². The first-order valence-corrected chi connectivity index (χ1v) is 7.32. The summed E-state index contributed by atoms with van der Waals surface area (Å²) in [6, 6.07) is 5.14. The Kier molecular flexibility index (Phi) is 8.23. The van der Waals surface area contributed by atoms with Gasteiger partial charge in [-0.25, -0.2) is 4.39 Å². The first-order chi connectivity index (χ1) is 9.71. The summed E-state index contributed by atoms with van der Waals surface area (Å²) in [5.41, 5.74) is 0.911. The fourth-order valence-electron chi connectivity index (χ4n) is 1.91. The van der Waals surface area contributed by atoms with Gasteiger partial charge in [-0.05, 0) is 23.6 Å². The van der Waals surface area contributed by atoms with E-state index in [1.165, 1.54) is 6.07 Å². The third-order valence-corrected chi connectivity index (χ3v) is 3.44. The number of benzene rings is 1. The molecule has 0 saturated carbocycles. The van der Waals surface area contributed by atoms with E-state index < -0.39 is 0 Å². The summed E-state index contributed by atoms with van der Waals surface area (Å²) >= 11 is 0. The lowest BCUT2D eigenvalue weighted by Crippen LogP contribution is -2.18. The van der Waals surface area contributed by atoms with Crippen LogP contribution in [0, 0.1) is 11.7 Å². The molecule has 0 aliphatic rings. The van der Waals surface area contributed by atoms with Crippen LogP contribution >= 0.6 is 0 Å². The number of hydrogen-bond acceptors (Lipinski definition) is 3. The van der Waals surface area contributed by atoms with Crippen molar-refractivity contribution >= 4 is 0 Å². The Labute approximate surface area is 121 Å². The number of halogens is 1. The topological polar surface area (TPSA) is 30.5 Å². The van der Waals surface area contributed by atoms with E-state index in [2.05, 4.69) is 19.2 Å². The van der Waals surface area contributed by atoms with Crippen LogP contribution in [0.15, 0.2) is 18.2 Å². The summed E-state index contributed by atoms with van der Waals surface area (Å²) in [7, 11) is 1.66. The minimum atomic E-state index is -0.290. The molecule has 0 bridgehead atoms. The Balaban J connectivity index is 2.46. The summed E-state index contributed by atoms with van der Waals surface area (Å²) in [6.07, 6.45) is 2.11. The van der Waals surface area contributed by atoms with Crippen LogP contribution in [0.2, 0.25) is 0 Å². The van der Waals surface area contributed by atoms with Crippen molar-refractivity contribution in [2.45, 2.75) is 33.2 Å². The normalized spacial score (nSPS) is 11.1. The van der Waals surface area contributed by atoms with E-state index in [0.717, 1.165) is 24.9 Å². The Morgan fingerprint density at radius 3 is 2.60 bits per heavy atom. The minimum absolute atomic E-state index is 0.290. The van der Waals surface area contributed by atoms with E-state index in [0.29, 0.717) is 31.4 Å². The van der Waals surface area contributed by atoms with E-state index in [9.17, 15) is 4.39 Å². The minimum Gasteiger partial charge on any atom is -0.490 e. The van der Waals surface area contributed by atoms with Crippen LogP contribution in [-0.2, 0) is 11.3 Å². The average molecular weight is 283 g/mol.